The maximum Gasteiger partial charge on any atom is 0.230 e. The monoisotopic (exact) mass is 334 g/mol. The molecule has 0 aliphatic rings. The summed E-state index contributed by atoms with van der Waals surface area (Å²) in [6, 6.07) is 13.6. The topological polar surface area (TPSA) is 42.0 Å². The number of halogens is 1. The average Bonchev–Trinajstić information content (AvgIpc) is 2.52. The molecule has 1 amide bonds. The molecule has 2 rings (SSSR count). The Morgan fingerprint density at radius 1 is 1.23 bits per heavy atom. The highest BCUT2D eigenvalue weighted by Crippen LogP contribution is 2.22. The zero-order chi connectivity index (χ0) is 15.9. The zero-order valence-electron chi connectivity index (χ0n) is 12.6. The quantitative estimate of drug-likeness (QED) is 0.799. The molecule has 5 heteroatoms. The molecular formula is C17H19ClN2OS. The minimum atomic E-state index is 0.00398. The normalized spacial score (nSPS) is 12.2. The van der Waals surface area contributed by atoms with Gasteiger partial charge in [0.25, 0.3) is 0 Å². The number of aromatic nitrogens is 1. The molecule has 116 valence electrons. The number of rotatable bonds is 6. The van der Waals surface area contributed by atoms with Crippen LogP contribution in [-0.2, 0) is 4.79 Å². The first-order chi connectivity index (χ1) is 10.6. The molecule has 1 unspecified atom stereocenters. The molecule has 0 saturated carbocycles. The molecule has 3 nitrogen and oxygen atoms in total. The average molecular weight is 335 g/mol. The van der Waals surface area contributed by atoms with E-state index in [0.717, 1.165) is 10.6 Å². The number of hydrogen-bond acceptors (Lipinski definition) is 3. The van der Waals surface area contributed by atoms with Crippen molar-refractivity contribution in [2.24, 2.45) is 5.92 Å². The van der Waals surface area contributed by atoms with Crippen LogP contribution in [0.25, 0.3) is 0 Å². The maximum absolute atomic E-state index is 12.2. The molecule has 0 bridgehead atoms. The van der Waals surface area contributed by atoms with Crippen LogP contribution in [0, 0.1) is 5.92 Å². The second-order valence-corrected chi connectivity index (χ2v) is 6.74. The van der Waals surface area contributed by atoms with Crippen LogP contribution in [0.1, 0.15) is 25.5 Å². The molecule has 0 radical (unpaired) electrons. The van der Waals surface area contributed by atoms with Gasteiger partial charge in [-0.2, -0.15) is 0 Å². The smallest absolute Gasteiger partial charge is 0.230 e. The van der Waals surface area contributed by atoms with Gasteiger partial charge in [-0.3, -0.25) is 4.79 Å². The van der Waals surface area contributed by atoms with Crippen molar-refractivity contribution in [3.05, 3.63) is 59.2 Å². The van der Waals surface area contributed by atoms with E-state index in [1.807, 2.05) is 36.4 Å². The third-order valence-electron chi connectivity index (χ3n) is 3.19. The fraction of sp³-hybridized carbons (Fsp3) is 0.294. The Bertz CT molecular complexity index is 602. The van der Waals surface area contributed by atoms with Crippen LogP contribution >= 0.6 is 23.4 Å². The van der Waals surface area contributed by atoms with E-state index < -0.39 is 0 Å². The van der Waals surface area contributed by atoms with Crippen molar-refractivity contribution in [1.29, 1.82) is 0 Å². The van der Waals surface area contributed by atoms with Crippen molar-refractivity contribution in [2.75, 3.05) is 5.75 Å². The van der Waals surface area contributed by atoms with E-state index in [1.165, 1.54) is 11.8 Å². The van der Waals surface area contributed by atoms with Crippen molar-refractivity contribution >= 4 is 29.3 Å². The number of thioether (sulfide) groups is 1. The van der Waals surface area contributed by atoms with Gasteiger partial charge in [0.15, 0.2) is 0 Å². The predicted molar refractivity (Wildman–Crippen MR) is 92.1 cm³/mol. The van der Waals surface area contributed by atoms with Gasteiger partial charge in [-0.25, -0.2) is 4.98 Å². The van der Waals surface area contributed by atoms with Gasteiger partial charge >= 0.3 is 0 Å². The molecule has 22 heavy (non-hydrogen) atoms. The Morgan fingerprint density at radius 3 is 2.55 bits per heavy atom. The van der Waals surface area contributed by atoms with Crippen molar-refractivity contribution in [2.45, 2.75) is 24.9 Å². The van der Waals surface area contributed by atoms with Gasteiger partial charge in [-0.1, -0.05) is 67.5 Å². The van der Waals surface area contributed by atoms with Gasteiger partial charge in [0, 0.05) is 6.20 Å². The van der Waals surface area contributed by atoms with E-state index in [-0.39, 0.29) is 11.9 Å². The number of carbonyl (C=O) groups excluding carboxylic acids is 1. The fourth-order valence-corrected chi connectivity index (χ4v) is 2.86. The van der Waals surface area contributed by atoms with Gasteiger partial charge in [-0.05, 0) is 23.6 Å². The van der Waals surface area contributed by atoms with E-state index in [9.17, 15) is 4.79 Å². The zero-order valence-corrected chi connectivity index (χ0v) is 14.2. The van der Waals surface area contributed by atoms with Gasteiger partial charge in [-0.15, -0.1) is 0 Å². The van der Waals surface area contributed by atoms with Crippen LogP contribution < -0.4 is 5.32 Å². The lowest BCUT2D eigenvalue weighted by molar-refractivity contribution is -0.119. The van der Waals surface area contributed by atoms with Crippen LogP contribution in [0.2, 0.25) is 5.02 Å². The summed E-state index contributed by atoms with van der Waals surface area (Å²) >= 11 is 7.20. The maximum atomic E-state index is 12.2. The second-order valence-electron chi connectivity index (χ2n) is 5.30. The highest BCUT2D eigenvalue weighted by molar-refractivity contribution is 7.99. The molecule has 0 spiro atoms. The first-order valence-corrected chi connectivity index (χ1v) is 8.51. The molecular weight excluding hydrogens is 316 g/mol. The highest BCUT2D eigenvalue weighted by Gasteiger charge is 2.18. The Hall–Kier alpha value is -1.52. The van der Waals surface area contributed by atoms with Crippen LogP contribution in [0.15, 0.2) is 53.7 Å². The van der Waals surface area contributed by atoms with Crippen LogP contribution in [0.5, 0.6) is 0 Å². The summed E-state index contributed by atoms with van der Waals surface area (Å²) in [6.45, 7) is 4.21. The third kappa shape index (κ3) is 5.04. The summed E-state index contributed by atoms with van der Waals surface area (Å²) < 4.78 is 0. The summed E-state index contributed by atoms with van der Waals surface area (Å²) in [5.74, 6) is 0.666. The van der Waals surface area contributed by atoms with E-state index in [4.69, 9.17) is 11.6 Å². The van der Waals surface area contributed by atoms with Crippen LogP contribution in [-0.4, -0.2) is 16.6 Å². The Kier molecular flexibility index (Phi) is 6.28. The summed E-state index contributed by atoms with van der Waals surface area (Å²) in [4.78, 5) is 16.4. The molecule has 0 saturated heterocycles. The number of nitrogens with one attached hydrogen (secondary N) is 1. The summed E-state index contributed by atoms with van der Waals surface area (Å²) in [7, 11) is 0. The Morgan fingerprint density at radius 2 is 1.95 bits per heavy atom. The number of nitrogens with zero attached hydrogens (tertiary/aromatic N) is 1. The molecule has 1 aromatic carbocycles. The molecule has 0 aliphatic carbocycles. The van der Waals surface area contributed by atoms with Crippen LogP contribution in [0.3, 0.4) is 0 Å². The predicted octanol–water partition coefficient (Wildman–Crippen LogP) is 4.34. The van der Waals surface area contributed by atoms with E-state index in [2.05, 4.69) is 24.1 Å². The van der Waals surface area contributed by atoms with Crippen molar-refractivity contribution in [3.63, 3.8) is 0 Å². The first kappa shape index (κ1) is 16.8. The standard InChI is InChI=1S/C17H19ClN2OS/c1-12(2)17(13-6-4-3-5-7-13)20-15(21)11-22-16-9-8-14(18)10-19-16/h3-10,12,17H,11H2,1-2H3,(H,20,21). The fourth-order valence-electron chi connectivity index (χ4n) is 2.10. The number of benzene rings is 1. The van der Waals surface area contributed by atoms with E-state index in [0.29, 0.717) is 16.7 Å². The minimum absolute atomic E-state index is 0.00398. The van der Waals surface area contributed by atoms with E-state index >= 15 is 0 Å². The minimum Gasteiger partial charge on any atom is -0.348 e. The van der Waals surface area contributed by atoms with Crippen molar-refractivity contribution < 1.29 is 4.79 Å². The SMILES string of the molecule is CC(C)C(NC(=O)CSc1ccc(Cl)cn1)c1ccccc1. The van der Waals surface area contributed by atoms with Gasteiger partial charge in [0.1, 0.15) is 0 Å². The van der Waals surface area contributed by atoms with Crippen molar-refractivity contribution in [3.8, 4) is 0 Å². The summed E-state index contributed by atoms with van der Waals surface area (Å²) in [5, 5.41) is 4.49. The molecule has 1 aromatic heterocycles. The summed E-state index contributed by atoms with van der Waals surface area (Å²) in [5.41, 5.74) is 1.13. The number of carbonyl (C=O) groups is 1. The third-order valence-corrected chi connectivity index (χ3v) is 4.36. The Labute approximate surface area is 140 Å². The molecule has 0 fully saturated rings. The molecule has 1 heterocycles. The lowest BCUT2D eigenvalue weighted by Gasteiger charge is -2.22. The lowest BCUT2D eigenvalue weighted by atomic mass is 9.96. The molecule has 1 N–H and O–H groups in total. The lowest BCUT2D eigenvalue weighted by Crippen LogP contribution is -2.32. The number of pyridine rings is 1. The highest BCUT2D eigenvalue weighted by atomic mass is 35.5. The Balaban J connectivity index is 1.93. The van der Waals surface area contributed by atoms with Gasteiger partial charge in [0.2, 0.25) is 5.91 Å². The molecule has 1 atom stereocenters. The van der Waals surface area contributed by atoms with Crippen molar-refractivity contribution in [1.82, 2.24) is 10.3 Å². The second kappa shape index (κ2) is 8.20. The largest absolute Gasteiger partial charge is 0.348 e. The first-order valence-electron chi connectivity index (χ1n) is 7.15. The number of amides is 1. The number of hydrogen-bond donors (Lipinski definition) is 1. The van der Waals surface area contributed by atoms with Crippen LogP contribution in [0.4, 0.5) is 0 Å². The summed E-state index contributed by atoms with van der Waals surface area (Å²) in [6.07, 6.45) is 1.59. The van der Waals surface area contributed by atoms with E-state index in [1.54, 1.807) is 12.3 Å². The molecule has 0 aliphatic heterocycles. The van der Waals surface area contributed by atoms with Gasteiger partial charge < -0.3 is 5.32 Å². The molecule has 2 aromatic rings. The van der Waals surface area contributed by atoms with Gasteiger partial charge in [0.05, 0.1) is 21.8 Å².